The molecule has 2 unspecified atom stereocenters. The van der Waals surface area contributed by atoms with Gasteiger partial charge in [-0.2, -0.15) is 0 Å². The zero-order valence-corrected chi connectivity index (χ0v) is 14.0. The molecule has 1 aliphatic carbocycles. The van der Waals surface area contributed by atoms with Crippen LogP contribution in [0, 0.1) is 5.92 Å². The summed E-state index contributed by atoms with van der Waals surface area (Å²) in [4.78, 5) is 0. The second-order valence-corrected chi connectivity index (χ2v) is 7.32. The first-order chi connectivity index (χ1) is 10.3. The van der Waals surface area contributed by atoms with Gasteiger partial charge in [0.25, 0.3) is 0 Å². The Hall–Kier alpha value is -0.120. The van der Waals surface area contributed by atoms with Crippen LogP contribution in [0.5, 0.6) is 0 Å². The lowest BCUT2D eigenvalue weighted by Crippen LogP contribution is -2.49. The topological polar surface area (TPSA) is 47.3 Å². The monoisotopic (exact) mass is 296 g/mol. The molecule has 3 N–H and O–H groups in total. The van der Waals surface area contributed by atoms with Crippen molar-refractivity contribution in [1.82, 2.24) is 5.43 Å². The summed E-state index contributed by atoms with van der Waals surface area (Å²) in [6, 6.07) is 0.495. The Balaban J connectivity index is 1.77. The zero-order chi connectivity index (χ0) is 15.0. The predicted octanol–water partition coefficient (Wildman–Crippen LogP) is 4.31. The molecule has 3 heteroatoms. The molecule has 2 rings (SSSR count). The van der Waals surface area contributed by atoms with E-state index in [1.165, 1.54) is 83.5 Å². The van der Waals surface area contributed by atoms with Crippen molar-refractivity contribution in [2.24, 2.45) is 11.8 Å². The van der Waals surface area contributed by atoms with Gasteiger partial charge in [-0.15, -0.1) is 0 Å². The Morgan fingerprint density at radius 2 is 1.90 bits per heavy atom. The lowest BCUT2D eigenvalue weighted by atomic mass is 9.73. The minimum absolute atomic E-state index is 0.207. The molecule has 1 saturated heterocycles. The van der Waals surface area contributed by atoms with E-state index in [0.717, 1.165) is 6.61 Å². The molecule has 2 aliphatic rings. The summed E-state index contributed by atoms with van der Waals surface area (Å²) in [6.45, 7) is 3.22. The zero-order valence-electron chi connectivity index (χ0n) is 14.0. The van der Waals surface area contributed by atoms with E-state index in [0.29, 0.717) is 12.0 Å². The summed E-state index contributed by atoms with van der Waals surface area (Å²) in [5, 5.41) is 0. The first-order valence-electron chi connectivity index (χ1n) is 9.40. The third-order valence-corrected chi connectivity index (χ3v) is 5.70. The highest BCUT2D eigenvalue weighted by atomic mass is 16.5. The van der Waals surface area contributed by atoms with E-state index in [4.69, 9.17) is 10.6 Å². The molecule has 1 aliphatic heterocycles. The number of unbranched alkanes of at least 4 members (excludes halogenated alkanes) is 4. The van der Waals surface area contributed by atoms with Gasteiger partial charge in [-0.1, -0.05) is 58.3 Å². The predicted molar refractivity (Wildman–Crippen MR) is 89.0 cm³/mol. The normalized spacial score (nSPS) is 26.9. The van der Waals surface area contributed by atoms with Crippen molar-refractivity contribution in [3.05, 3.63) is 0 Å². The van der Waals surface area contributed by atoms with E-state index in [-0.39, 0.29) is 5.60 Å². The number of hydrogen-bond acceptors (Lipinski definition) is 3. The molecule has 1 saturated carbocycles. The summed E-state index contributed by atoms with van der Waals surface area (Å²) < 4.78 is 6.22. The van der Waals surface area contributed by atoms with E-state index in [1.54, 1.807) is 0 Å². The van der Waals surface area contributed by atoms with Gasteiger partial charge in [0.2, 0.25) is 0 Å². The van der Waals surface area contributed by atoms with Crippen LogP contribution in [-0.2, 0) is 4.74 Å². The fourth-order valence-electron chi connectivity index (χ4n) is 4.38. The van der Waals surface area contributed by atoms with Gasteiger partial charge in [0.15, 0.2) is 0 Å². The molecule has 0 aromatic rings. The SMILES string of the molecule is CCCCCCCC(NN)C1CCOC2(CCCCC2)C1. The van der Waals surface area contributed by atoms with Crippen LogP contribution in [-0.4, -0.2) is 18.2 Å². The molecule has 0 aromatic heterocycles. The highest BCUT2D eigenvalue weighted by Crippen LogP contribution is 2.42. The maximum Gasteiger partial charge on any atom is 0.0685 e. The molecule has 1 spiro atoms. The molecule has 21 heavy (non-hydrogen) atoms. The summed E-state index contributed by atoms with van der Waals surface area (Å²) >= 11 is 0. The average molecular weight is 296 g/mol. The second kappa shape index (κ2) is 9.12. The average Bonchev–Trinajstić information content (AvgIpc) is 2.52. The first-order valence-corrected chi connectivity index (χ1v) is 9.40. The Labute approximate surface area is 131 Å². The van der Waals surface area contributed by atoms with Crippen LogP contribution in [0.1, 0.15) is 90.4 Å². The van der Waals surface area contributed by atoms with Crippen LogP contribution < -0.4 is 11.3 Å². The van der Waals surface area contributed by atoms with Crippen molar-refractivity contribution in [1.29, 1.82) is 0 Å². The first kappa shape index (κ1) is 17.2. The Morgan fingerprint density at radius 1 is 1.14 bits per heavy atom. The lowest BCUT2D eigenvalue weighted by molar-refractivity contribution is -0.122. The van der Waals surface area contributed by atoms with Crippen molar-refractivity contribution in [2.75, 3.05) is 6.61 Å². The highest BCUT2D eigenvalue weighted by Gasteiger charge is 2.40. The number of rotatable bonds is 8. The lowest BCUT2D eigenvalue weighted by Gasteiger charge is -2.45. The minimum Gasteiger partial charge on any atom is -0.375 e. The fraction of sp³-hybridized carbons (Fsp3) is 1.00. The van der Waals surface area contributed by atoms with Gasteiger partial charge < -0.3 is 4.74 Å². The third kappa shape index (κ3) is 5.22. The van der Waals surface area contributed by atoms with E-state index in [9.17, 15) is 0 Å². The molecule has 0 bridgehead atoms. The van der Waals surface area contributed by atoms with E-state index in [1.807, 2.05) is 0 Å². The molecular formula is C18H36N2O. The van der Waals surface area contributed by atoms with Crippen LogP contribution in [0.4, 0.5) is 0 Å². The number of nitrogens with two attached hydrogens (primary N) is 1. The molecule has 0 amide bonds. The Bertz CT molecular complexity index is 271. The van der Waals surface area contributed by atoms with Gasteiger partial charge in [0, 0.05) is 12.6 Å². The quantitative estimate of drug-likeness (QED) is 0.398. The summed E-state index contributed by atoms with van der Waals surface area (Å²) in [5.74, 6) is 6.59. The van der Waals surface area contributed by atoms with Gasteiger partial charge in [0.1, 0.15) is 0 Å². The van der Waals surface area contributed by atoms with E-state index in [2.05, 4.69) is 12.3 Å². The van der Waals surface area contributed by atoms with Gasteiger partial charge in [-0.25, -0.2) is 0 Å². The van der Waals surface area contributed by atoms with Crippen molar-refractivity contribution < 1.29 is 4.74 Å². The van der Waals surface area contributed by atoms with Gasteiger partial charge in [-0.3, -0.25) is 11.3 Å². The maximum absolute atomic E-state index is 6.22. The molecular weight excluding hydrogens is 260 g/mol. The van der Waals surface area contributed by atoms with Crippen LogP contribution in [0.25, 0.3) is 0 Å². The summed E-state index contributed by atoms with van der Waals surface area (Å²) in [6.07, 6.45) is 17.1. The molecule has 0 aromatic carbocycles. The van der Waals surface area contributed by atoms with Crippen molar-refractivity contribution in [3.8, 4) is 0 Å². The van der Waals surface area contributed by atoms with Gasteiger partial charge in [-0.05, 0) is 38.0 Å². The summed E-state index contributed by atoms with van der Waals surface area (Å²) in [7, 11) is 0. The largest absolute Gasteiger partial charge is 0.375 e. The second-order valence-electron chi connectivity index (χ2n) is 7.32. The molecule has 0 radical (unpaired) electrons. The van der Waals surface area contributed by atoms with Crippen LogP contribution >= 0.6 is 0 Å². The Morgan fingerprint density at radius 3 is 2.62 bits per heavy atom. The smallest absolute Gasteiger partial charge is 0.0685 e. The molecule has 3 nitrogen and oxygen atoms in total. The third-order valence-electron chi connectivity index (χ3n) is 5.70. The molecule has 124 valence electrons. The number of hydrazine groups is 1. The highest BCUT2D eigenvalue weighted by molar-refractivity contribution is 4.92. The minimum atomic E-state index is 0.207. The van der Waals surface area contributed by atoms with Crippen LogP contribution in [0.2, 0.25) is 0 Å². The van der Waals surface area contributed by atoms with Crippen molar-refractivity contribution in [3.63, 3.8) is 0 Å². The Kier molecular flexibility index (Phi) is 7.48. The number of hydrogen-bond donors (Lipinski definition) is 2. The molecule has 1 heterocycles. The van der Waals surface area contributed by atoms with Crippen LogP contribution in [0.15, 0.2) is 0 Å². The number of ether oxygens (including phenoxy) is 1. The van der Waals surface area contributed by atoms with Crippen molar-refractivity contribution in [2.45, 2.75) is 102 Å². The van der Waals surface area contributed by atoms with Crippen molar-refractivity contribution >= 4 is 0 Å². The van der Waals surface area contributed by atoms with Crippen LogP contribution in [0.3, 0.4) is 0 Å². The summed E-state index contributed by atoms with van der Waals surface area (Å²) in [5.41, 5.74) is 3.34. The molecule has 2 atom stereocenters. The van der Waals surface area contributed by atoms with Gasteiger partial charge in [0.05, 0.1) is 5.60 Å². The standard InChI is InChI=1S/C18H36N2O/c1-2-3-4-5-7-10-17(20-19)16-11-14-21-18(15-16)12-8-6-9-13-18/h16-17,20H,2-15,19H2,1H3. The van der Waals surface area contributed by atoms with Gasteiger partial charge >= 0.3 is 0 Å². The fourth-order valence-corrected chi connectivity index (χ4v) is 4.38. The number of nitrogens with one attached hydrogen (secondary N) is 1. The maximum atomic E-state index is 6.22. The molecule has 2 fully saturated rings. The van der Waals surface area contributed by atoms with E-state index >= 15 is 0 Å². The van der Waals surface area contributed by atoms with E-state index < -0.39 is 0 Å².